The summed E-state index contributed by atoms with van der Waals surface area (Å²) in [6.45, 7) is -0.0196. The van der Waals surface area contributed by atoms with Gasteiger partial charge in [-0.05, 0) is 36.4 Å². The molecule has 9 heteroatoms. The molecule has 0 atom stereocenters. The number of hydrogen-bond donors (Lipinski definition) is 2. The molecule has 0 fully saturated rings. The third-order valence-electron chi connectivity index (χ3n) is 3.43. The summed E-state index contributed by atoms with van der Waals surface area (Å²) in [4.78, 5) is 23.8. The Morgan fingerprint density at radius 1 is 0.885 bits per heavy atom. The van der Waals surface area contributed by atoms with Gasteiger partial charge in [0, 0.05) is 24.9 Å². The minimum atomic E-state index is -3.35. The van der Waals surface area contributed by atoms with Gasteiger partial charge in [0.15, 0.2) is 9.84 Å². The first-order valence-corrected chi connectivity index (χ1v) is 9.40. The molecule has 2 amide bonds. The van der Waals surface area contributed by atoms with Crippen molar-refractivity contribution in [2.24, 2.45) is 0 Å². The second-order valence-electron chi connectivity index (χ2n) is 5.41. The van der Waals surface area contributed by atoms with Crippen LogP contribution < -0.4 is 10.6 Å². The van der Waals surface area contributed by atoms with E-state index in [1.54, 1.807) is 0 Å². The van der Waals surface area contributed by atoms with E-state index in [4.69, 9.17) is 0 Å². The highest BCUT2D eigenvalue weighted by molar-refractivity contribution is 7.90. The largest absolute Gasteiger partial charge is 0.350 e. The van der Waals surface area contributed by atoms with Gasteiger partial charge in [-0.3, -0.25) is 9.59 Å². The van der Waals surface area contributed by atoms with Crippen LogP contribution in [0.25, 0.3) is 0 Å². The first-order chi connectivity index (χ1) is 12.2. The molecular formula is C17H16F2N2O4S. The maximum atomic E-state index is 13.5. The van der Waals surface area contributed by atoms with Crippen LogP contribution in [0.4, 0.5) is 8.78 Å². The number of benzene rings is 2. The molecular weight excluding hydrogens is 366 g/mol. The van der Waals surface area contributed by atoms with E-state index in [0.29, 0.717) is 0 Å². The summed E-state index contributed by atoms with van der Waals surface area (Å²) in [5.74, 6) is -3.35. The SMILES string of the molecule is CS(=O)(=O)c1ccc(C(=O)NCCNC(=O)c2c(F)cccc2F)cc1. The average molecular weight is 382 g/mol. The third kappa shape index (κ3) is 4.85. The summed E-state index contributed by atoms with van der Waals surface area (Å²) < 4.78 is 49.6. The van der Waals surface area contributed by atoms with Gasteiger partial charge in [-0.15, -0.1) is 0 Å². The van der Waals surface area contributed by atoms with E-state index in [9.17, 15) is 26.8 Å². The van der Waals surface area contributed by atoms with Crippen molar-refractivity contribution in [3.05, 3.63) is 65.2 Å². The van der Waals surface area contributed by atoms with Crippen LogP contribution in [0.2, 0.25) is 0 Å². The number of carbonyl (C=O) groups is 2. The number of sulfone groups is 1. The summed E-state index contributed by atoms with van der Waals surface area (Å²) in [6, 6.07) is 8.44. The van der Waals surface area contributed by atoms with E-state index in [-0.39, 0.29) is 23.5 Å². The lowest BCUT2D eigenvalue weighted by Gasteiger charge is -2.08. The van der Waals surface area contributed by atoms with Gasteiger partial charge in [-0.1, -0.05) is 6.07 Å². The Morgan fingerprint density at radius 3 is 1.88 bits per heavy atom. The summed E-state index contributed by atoms with van der Waals surface area (Å²) in [5, 5.41) is 4.81. The zero-order valence-corrected chi connectivity index (χ0v) is 14.6. The minimum absolute atomic E-state index is 0.0223. The highest BCUT2D eigenvalue weighted by Gasteiger charge is 2.16. The van der Waals surface area contributed by atoms with E-state index < -0.39 is 38.8 Å². The maximum absolute atomic E-state index is 13.5. The molecule has 0 aliphatic carbocycles. The molecule has 26 heavy (non-hydrogen) atoms. The smallest absolute Gasteiger partial charge is 0.257 e. The van der Waals surface area contributed by atoms with Crippen LogP contribution in [-0.4, -0.2) is 39.6 Å². The maximum Gasteiger partial charge on any atom is 0.257 e. The van der Waals surface area contributed by atoms with Gasteiger partial charge in [-0.2, -0.15) is 0 Å². The van der Waals surface area contributed by atoms with Gasteiger partial charge >= 0.3 is 0 Å². The zero-order valence-electron chi connectivity index (χ0n) is 13.8. The molecule has 0 spiro atoms. The van der Waals surface area contributed by atoms with Crippen LogP contribution in [0.5, 0.6) is 0 Å². The normalized spacial score (nSPS) is 11.0. The molecule has 0 aliphatic rings. The van der Waals surface area contributed by atoms with Crippen LogP contribution in [0.3, 0.4) is 0 Å². The third-order valence-corrected chi connectivity index (χ3v) is 4.56. The lowest BCUT2D eigenvalue weighted by molar-refractivity contribution is 0.0922. The van der Waals surface area contributed by atoms with Crippen LogP contribution in [0.1, 0.15) is 20.7 Å². The van der Waals surface area contributed by atoms with Crippen molar-refractivity contribution in [2.45, 2.75) is 4.90 Å². The lowest BCUT2D eigenvalue weighted by Crippen LogP contribution is -2.35. The number of halogens is 2. The van der Waals surface area contributed by atoms with E-state index in [2.05, 4.69) is 10.6 Å². The van der Waals surface area contributed by atoms with E-state index in [0.717, 1.165) is 24.5 Å². The van der Waals surface area contributed by atoms with Gasteiger partial charge in [0.2, 0.25) is 0 Å². The van der Waals surface area contributed by atoms with Crippen molar-refractivity contribution in [3.63, 3.8) is 0 Å². The quantitative estimate of drug-likeness (QED) is 0.741. The Bertz CT molecular complexity index is 908. The Balaban J connectivity index is 1.86. The summed E-state index contributed by atoms with van der Waals surface area (Å²) in [6.07, 6.45) is 1.06. The summed E-state index contributed by atoms with van der Waals surface area (Å²) in [5.41, 5.74) is -0.445. The highest BCUT2D eigenvalue weighted by Crippen LogP contribution is 2.12. The Morgan fingerprint density at radius 2 is 1.38 bits per heavy atom. The standard InChI is InChI=1S/C17H16F2N2O4S/c1-26(24,25)12-7-5-11(6-8-12)16(22)20-9-10-21-17(23)15-13(18)3-2-4-14(15)19/h2-8H,9-10H2,1H3,(H,20,22)(H,21,23). The molecule has 2 aromatic rings. The number of rotatable bonds is 6. The number of carbonyl (C=O) groups excluding carboxylic acids is 2. The number of hydrogen-bond acceptors (Lipinski definition) is 4. The van der Waals surface area contributed by atoms with Crippen molar-refractivity contribution >= 4 is 21.7 Å². The van der Waals surface area contributed by atoms with Crippen LogP contribution in [-0.2, 0) is 9.84 Å². The van der Waals surface area contributed by atoms with E-state index >= 15 is 0 Å². The zero-order chi connectivity index (χ0) is 19.3. The molecule has 0 saturated heterocycles. The fourth-order valence-corrected chi connectivity index (χ4v) is 2.74. The number of amides is 2. The fourth-order valence-electron chi connectivity index (χ4n) is 2.11. The second kappa shape index (κ2) is 8.05. The summed E-state index contributed by atoms with van der Waals surface area (Å²) in [7, 11) is -3.35. The Hall–Kier alpha value is -2.81. The molecule has 0 unspecified atom stereocenters. The van der Waals surface area contributed by atoms with Crippen LogP contribution in [0.15, 0.2) is 47.4 Å². The highest BCUT2D eigenvalue weighted by atomic mass is 32.2. The Labute approximate surface area is 149 Å². The van der Waals surface area contributed by atoms with Gasteiger partial charge in [0.05, 0.1) is 4.90 Å². The molecule has 2 rings (SSSR count). The van der Waals surface area contributed by atoms with Gasteiger partial charge in [0.1, 0.15) is 17.2 Å². The molecule has 0 radical (unpaired) electrons. The van der Waals surface area contributed by atoms with Crippen molar-refractivity contribution < 1.29 is 26.8 Å². The predicted molar refractivity (Wildman–Crippen MR) is 90.6 cm³/mol. The van der Waals surface area contributed by atoms with Gasteiger partial charge < -0.3 is 10.6 Å². The molecule has 138 valence electrons. The van der Waals surface area contributed by atoms with Crippen molar-refractivity contribution in [1.29, 1.82) is 0 Å². The van der Waals surface area contributed by atoms with Crippen LogP contribution >= 0.6 is 0 Å². The molecule has 2 aromatic carbocycles. The van der Waals surface area contributed by atoms with E-state index in [1.165, 1.54) is 24.3 Å². The molecule has 0 heterocycles. The molecule has 2 N–H and O–H groups in total. The molecule has 0 bridgehead atoms. The van der Waals surface area contributed by atoms with Crippen molar-refractivity contribution in [1.82, 2.24) is 10.6 Å². The lowest BCUT2D eigenvalue weighted by atomic mass is 10.2. The molecule has 0 saturated carbocycles. The van der Waals surface area contributed by atoms with Gasteiger partial charge in [-0.25, -0.2) is 17.2 Å². The molecule has 6 nitrogen and oxygen atoms in total. The second-order valence-corrected chi connectivity index (χ2v) is 7.42. The average Bonchev–Trinajstić information content (AvgIpc) is 2.57. The minimum Gasteiger partial charge on any atom is -0.350 e. The topological polar surface area (TPSA) is 92.3 Å². The van der Waals surface area contributed by atoms with Crippen molar-refractivity contribution in [2.75, 3.05) is 19.3 Å². The molecule has 0 aromatic heterocycles. The number of nitrogens with one attached hydrogen (secondary N) is 2. The van der Waals surface area contributed by atoms with Gasteiger partial charge in [0.25, 0.3) is 11.8 Å². The van der Waals surface area contributed by atoms with E-state index in [1.807, 2.05) is 0 Å². The predicted octanol–water partition coefficient (Wildman–Crippen LogP) is 1.53. The summed E-state index contributed by atoms with van der Waals surface area (Å²) >= 11 is 0. The fraction of sp³-hybridized carbons (Fsp3) is 0.176. The first-order valence-electron chi connectivity index (χ1n) is 7.50. The monoisotopic (exact) mass is 382 g/mol. The Kier molecular flexibility index (Phi) is 6.04. The van der Waals surface area contributed by atoms with Crippen molar-refractivity contribution in [3.8, 4) is 0 Å². The van der Waals surface area contributed by atoms with Crippen LogP contribution in [0, 0.1) is 11.6 Å². The molecule has 0 aliphatic heterocycles. The first kappa shape index (κ1) is 19.5.